The Balaban J connectivity index is 2.32. The summed E-state index contributed by atoms with van der Waals surface area (Å²) >= 11 is 0. The average molecular weight is 191 g/mol. The quantitative estimate of drug-likeness (QED) is 0.752. The third-order valence-electron chi connectivity index (χ3n) is 2.47. The highest BCUT2D eigenvalue weighted by Crippen LogP contribution is 2.11. The van der Waals surface area contributed by atoms with Crippen molar-refractivity contribution in [1.29, 1.82) is 0 Å². The number of rotatable bonds is 5. The fourth-order valence-corrected chi connectivity index (χ4v) is 1.45. The maximum Gasteiger partial charge on any atom is 0.0291 e. The molecular formula is C13H21N. The molecule has 0 saturated heterocycles. The van der Waals surface area contributed by atoms with Gasteiger partial charge in [-0.1, -0.05) is 44.2 Å². The van der Waals surface area contributed by atoms with Gasteiger partial charge in [0.1, 0.15) is 0 Å². The van der Waals surface area contributed by atoms with Crippen LogP contribution in [0.25, 0.3) is 0 Å². The molecule has 1 N–H and O–H groups in total. The highest BCUT2D eigenvalue weighted by atomic mass is 14.9. The second-order valence-electron chi connectivity index (χ2n) is 4.27. The van der Waals surface area contributed by atoms with Crippen LogP contribution >= 0.6 is 0 Å². The maximum absolute atomic E-state index is 3.53. The smallest absolute Gasteiger partial charge is 0.0291 e. The molecule has 1 aromatic carbocycles. The third kappa shape index (κ3) is 3.93. The Morgan fingerprint density at radius 1 is 1.07 bits per heavy atom. The van der Waals surface area contributed by atoms with Gasteiger partial charge in [0.2, 0.25) is 0 Å². The summed E-state index contributed by atoms with van der Waals surface area (Å²) in [4.78, 5) is 0. The summed E-state index contributed by atoms with van der Waals surface area (Å²) in [6, 6.07) is 11.1. The van der Waals surface area contributed by atoms with Crippen LogP contribution < -0.4 is 5.32 Å². The van der Waals surface area contributed by atoms with E-state index in [0.717, 1.165) is 12.5 Å². The first kappa shape index (κ1) is 11.3. The molecule has 0 aliphatic heterocycles. The van der Waals surface area contributed by atoms with Crippen molar-refractivity contribution in [1.82, 2.24) is 5.32 Å². The van der Waals surface area contributed by atoms with E-state index in [1.165, 1.54) is 12.0 Å². The van der Waals surface area contributed by atoms with Crippen molar-refractivity contribution in [3.05, 3.63) is 35.9 Å². The standard InChI is InChI=1S/C13H21N/c1-11(2)9-10-14-12(3)13-7-5-4-6-8-13/h4-8,11-12,14H,9-10H2,1-3H3/t12-/m1/s1. The van der Waals surface area contributed by atoms with Gasteiger partial charge in [-0.3, -0.25) is 0 Å². The largest absolute Gasteiger partial charge is 0.310 e. The molecule has 0 aromatic heterocycles. The van der Waals surface area contributed by atoms with E-state index in [1.54, 1.807) is 0 Å². The van der Waals surface area contributed by atoms with Crippen molar-refractivity contribution in [2.75, 3.05) is 6.54 Å². The second kappa shape index (κ2) is 5.82. The zero-order valence-corrected chi connectivity index (χ0v) is 9.46. The summed E-state index contributed by atoms with van der Waals surface area (Å²) in [5, 5.41) is 3.53. The zero-order valence-electron chi connectivity index (χ0n) is 9.46. The molecule has 0 radical (unpaired) electrons. The summed E-state index contributed by atoms with van der Waals surface area (Å²) in [5.41, 5.74) is 1.37. The van der Waals surface area contributed by atoms with Crippen LogP contribution in [-0.4, -0.2) is 6.54 Å². The molecule has 0 spiro atoms. The zero-order chi connectivity index (χ0) is 10.4. The van der Waals surface area contributed by atoms with Crippen molar-refractivity contribution in [2.24, 2.45) is 5.92 Å². The third-order valence-corrected chi connectivity index (χ3v) is 2.47. The molecule has 0 bridgehead atoms. The molecule has 1 heteroatoms. The summed E-state index contributed by atoms with van der Waals surface area (Å²) in [6.07, 6.45) is 1.25. The van der Waals surface area contributed by atoms with Crippen LogP contribution in [0.1, 0.15) is 38.8 Å². The van der Waals surface area contributed by atoms with E-state index in [-0.39, 0.29) is 0 Å². The van der Waals surface area contributed by atoms with Crippen LogP contribution in [0, 0.1) is 5.92 Å². The Kier molecular flexibility index (Phi) is 4.68. The molecule has 14 heavy (non-hydrogen) atoms. The normalized spacial score (nSPS) is 13.1. The van der Waals surface area contributed by atoms with Crippen molar-refractivity contribution in [3.8, 4) is 0 Å². The molecular weight excluding hydrogens is 170 g/mol. The SMILES string of the molecule is CC(C)CCN[C@H](C)c1ccccc1. The van der Waals surface area contributed by atoms with Crippen LogP contribution in [0.5, 0.6) is 0 Å². The molecule has 0 fully saturated rings. The van der Waals surface area contributed by atoms with Crippen molar-refractivity contribution >= 4 is 0 Å². The minimum atomic E-state index is 0.468. The summed E-state index contributed by atoms with van der Waals surface area (Å²) in [5.74, 6) is 0.783. The molecule has 0 aliphatic carbocycles. The highest BCUT2D eigenvalue weighted by Gasteiger charge is 2.03. The van der Waals surface area contributed by atoms with Crippen LogP contribution in [0.2, 0.25) is 0 Å². The fourth-order valence-electron chi connectivity index (χ4n) is 1.45. The first-order valence-corrected chi connectivity index (χ1v) is 5.48. The minimum Gasteiger partial charge on any atom is -0.310 e. The van der Waals surface area contributed by atoms with Gasteiger partial charge in [0.25, 0.3) is 0 Å². The van der Waals surface area contributed by atoms with Crippen LogP contribution in [0.4, 0.5) is 0 Å². The van der Waals surface area contributed by atoms with Gasteiger partial charge in [-0.25, -0.2) is 0 Å². The lowest BCUT2D eigenvalue weighted by Crippen LogP contribution is -2.20. The Bertz CT molecular complexity index is 241. The van der Waals surface area contributed by atoms with E-state index in [9.17, 15) is 0 Å². The monoisotopic (exact) mass is 191 g/mol. The van der Waals surface area contributed by atoms with Crippen molar-refractivity contribution in [3.63, 3.8) is 0 Å². The summed E-state index contributed by atoms with van der Waals surface area (Å²) < 4.78 is 0. The van der Waals surface area contributed by atoms with Gasteiger partial charge in [-0.15, -0.1) is 0 Å². The molecule has 0 heterocycles. The van der Waals surface area contributed by atoms with E-state index in [1.807, 2.05) is 0 Å². The summed E-state index contributed by atoms with van der Waals surface area (Å²) in [6.45, 7) is 7.84. The maximum atomic E-state index is 3.53. The van der Waals surface area contributed by atoms with Crippen LogP contribution in [0.3, 0.4) is 0 Å². The minimum absolute atomic E-state index is 0.468. The second-order valence-corrected chi connectivity index (χ2v) is 4.27. The van der Waals surface area contributed by atoms with Gasteiger partial charge in [0.05, 0.1) is 0 Å². The van der Waals surface area contributed by atoms with E-state index in [4.69, 9.17) is 0 Å². The van der Waals surface area contributed by atoms with Gasteiger partial charge in [0, 0.05) is 6.04 Å². The van der Waals surface area contributed by atoms with Gasteiger partial charge in [-0.2, -0.15) is 0 Å². The summed E-state index contributed by atoms with van der Waals surface area (Å²) in [7, 11) is 0. The number of hydrogen-bond acceptors (Lipinski definition) is 1. The molecule has 0 saturated carbocycles. The molecule has 1 atom stereocenters. The van der Waals surface area contributed by atoms with Crippen LogP contribution in [-0.2, 0) is 0 Å². The number of benzene rings is 1. The Labute approximate surface area is 87.5 Å². The molecule has 1 aromatic rings. The van der Waals surface area contributed by atoms with Crippen molar-refractivity contribution in [2.45, 2.75) is 33.2 Å². The van der Waals surface area contributed by atoms with Gasteiger partial charge >= 0.3 is 0 Å². The Hall–Kier alpha value is -0.820. The first-order chi connectivity index (χ1) is 6.70. The Morgan fingerprint density at radius 2 is 1.71 bits per heavy atom. The topological polar surface area (TPSA) is 12.0 Å². The fraction of sp³-hybridized carbons (Fsp3) is 0.538. The lowest BCUT2D eigenvalue weighted by molar-refractivity contribution is 0.497. The average Bonchev–Trinajstić information content (AvgIpc) is 2.18. The van der Waals surface area contributed by atoms with Gasteiger partial charge < -0.3 is 5.32 Å². The number of nitrogens with one attached hydrogen (secondary N) is 1. The van der Waals surface area contributed by atoms with Crippen LogP contribution in [0.15, 0.2) is 30.3 Å². The van der Waals surface area contributed by atoms with E-state index >= 15 is 0 Å². The van der Waals surface area contributed by atoms with Crippen molar-refractivity contribution < 1.29 is 0 Å². The Morgan fingerprint density at radius 3 is 2.29 bits per heavy atom. The van der Waals surface area contributed by atoms with E-state index in [2.05, 4.69) is 56.4 Å². The predicted octanol–water partition coefficient (Wildman–Crippen LogP) is 3.38. The van der Waals surface area contributed by atoms with E-state index < -0.39 is 0 Å². The lowest BCUT2D eigenvalue weighted by Gasteiger charge is -2.14. The molecule has 1 rings (SSSR count). The highest BCUT2D eigenvalue weighted by molar-refractivity contribution is 5.17. The molecule has 0 unspecified atom stereocenters. The lowest BCUT2D eigenvalue weighted by atomic mass is 10.1. The van der Waals surface area contributed by atoms with Gasteiger partial charge in [0.15, 0.2) is 0 Å². The molecule has 0 amide bonds. The molecule has 78 valence electrons. The first-order valence-electron chi connectivity index (χ1n) is 5.48. The van der Waals surface area contributed by atoms with Gasteiger partial charge in [-0.05, 0) is 31.4 Å². The molecule has 1 nitrogen and oxygen atoms in total. The predicted molar refractivity (Wildman–Crippen MR) is 62.3 cm³/mol. The number of hydrogen-bond donors (Lipinski definition) is 1. The van der Waals surface area contributed by atoms with E-state index in [0.29, 0.717) is 6.04 Å². The molecule has 0 aliphatic rings.